The van der Waals surface area contributed by atoms with Gasteiger partial charge in [0.2, 0.25) is 0 Å². The van der Waals surface area contributed by atoms with Crippen molar-refractivity contribution in [1.29, 1.82) is 0 Å². The molecule has 0 aromatic heterocycles. The van der Waals surface area contributed by atoms with Crippen molar-refractivity contribution < 1.29 is 25.2 Å². The number of rotatable bonds is 2. The van der Waals surface area contributed by atoms with E-state index in [1.54, 1.807) is 0 Å². The Kier molecular flexibility index (Phi) is 2.70. The number of phenolic OH excluding ortho intramolecular Hbond substituents is 3. The van der Waals surface area contributed by atoms with Gasteiger partial charge in [-0.1, -0.05) is 0 Å². The normalized spacial score (nSPS) is 11.3. The Hall–Kier alpha value is -2.37. The van der Waals surface area contributed by atoms with Gasteiger partial charge in [-0.25, -0.2) is 4.79 Å². The molecule has 80 valence electrons. The first-order valence-corrected chi connectivity index (χ1v) is 3.87. The number of phenols is 3. The van der Waals surface area contributed by atoms with Crippen LogP contribution in [0.5, 0.6) is 17.2 Å². The summed E-state index contributed by atoms with van der Waals surface area (Å²) in [5.41, 5.74) is 4.63. The summed E-state index contributed by atoms with van der Waals surface area (Å²) < 4.78 is 0. The average molecular weight is 211 g/mol. The molecular formula is C9H9NO5. The molecule has 6 heteroatoms. The molecule has 0 aliphatic heterocycles. The van der Waals surface area contributed by atoms with Gasteiger partial charge in [-0.3, -0.25) is 0 Å². The number of aromatic hydroxyl groups is 3. The van der Waals surface area contributed by atoms with Crippen molar-refractivity contribution in [2.75, 3.05) is 0 Å². The SMILES string of the molecule is N/C(=C\c1cc(O)c(O)cc1O)C(=O)O. The fourth-order valence-corrected chi connectivity index (χ4v) is 0.927. The van der Waals surface area contributed by atoms with Gasteiger partial charge in [0.25, 0.3) is 0 Å². The summed E-state index contributed by atoms with van der Waals surface area (Å²) in [6.07, 6.45) is 0.969. The number of carbonyl (C=O) groups is 1. The maximum absolute atomic E-state index is 10.4. The quantitative estimate of drug-likeness (QED) is 0.270. The van der Waals surface area contributed by atoms with Gasteiger partial charge in [0.05, 0.1) is 0 Å². The first-order chi connectivity index (χ1) is 6.91. The molecule has 15 heavy (non-hydrogen) atoms. The van der Waals surface area contributed by atoms with Crippen LogP contribution in [0, 0.1) is 0 Å². The maximum Gasteiger partial charge on any atom is 0.351 e. The van der Waals surface area contributed by atoms with Crippen molar-refractivity contribution in [1.82, 2.24) is 0 Å². The van der Waals surface area contributed by atoms with Gasteiger partial charge >= 0.3 is 5.97 Å². The van der Waals surface area contributed by atoms with Crippen LogP contribution < -0.4 is 5.73 Å². The van der Waals surface area contributed by atoms with Crippen molar-refractivity contribution in [2.45, 2.75) is 0 Å². The van der Waals surface area contributed by atoms with Gasteiger partial charge in [0.15, 0.2) is 11.5 Å². The predicted molar refractivity (Wildman–Crippen MR) is 51.2 cm³/mol. The Labute approximate surface area is 84.5 Å². The van der Waals surface area contributed by atoms with E-state index >= 15 is 0 Å². The Balaban J connectivity index is 3.22. The van der Waals surface area contributed by atoms with Gasteiger partial charge in [-0.05, 0) is 12.1 Å². The molecule has 0 saturated heterocycles. The largest absolute Gasteiger partial charge is 0.507 e. The predicted octanol–water partition coefficient (Wildman–Crippen LogP) is 0.188. The highest BCUT2D eigenvalue weighted by molar-refractivity contribution is 5.91. The van der Waals surface area contributed by atoms with E-state index in [1.165, 1.54) is 0 Å². The lowest BCUT2D eigenvalue weighted by Gasteiger charge is -2.03. The summed E-state index contributed by atoms with van der Waals surface area (Å²) in [5.74, 6) is -2.70. The second kappa shape index (κ2) is 3.79. The number of carboxylic acid groups (broad SMARTS) is 1. The second-order valence-electron chi connectivity index (χ2n) is 2.80. The minimum absolute atomic E-state index is 0.00481. The third-order valence-corrected chi connectivity index (χ3v) is 1.68. The van der Waals surface area contributed by atoms with Crippen LogP contribution in [0.1, 0.15) is 5.56 Å². The second-order valence-corrected chi connectivity index (χ2v) is 2.80. The fraction of sp³-hybridized carbons (Fsp3) is 0. The Morgan fingerprint density at radius 1 is 1.13 bits per heavy atom. The molecule has 0 aliphatic rings. The van der Waals surface area contributed by atoms with Gasteiger partial charge in [-0.2, -0.15) is 0 Å². The lowest BCUT2D eigenvalue weighted by atomic mass is 10.1. The van der Waals surface area contributed by atoms with E-state index in [-0.39, 0.29) is 11.3 Å². The summed E-state index contributed by atoms with van der Waals surface area (Å²) in [6.45, 7) is 0. The Morgan fingerprint density at radius 3 is 2.20 bits per heavy atom. The van der Waals surface area contributed by atoms with E-state index in [0.717, 1.165) is 18.2 Å². The smallest absolute Gasteiger partial charge is 0.351 e. The van der Waals surface area contributed by atoms with Crippen LogP contribution in [-0.2, 0) is 4.79 Å². The number of hydrogen-bond donors (Lipinski definition) is 5. The standard InChI is InChI=1S/C9H9NO5/c10-5(9(14)15)1-4-2-7(12)8(13)3-6(4)11/h1-3,11-13H,10H2,(H,14,15)/b5-1-. The van der Waals surface area contributed by atoms with E-state index in [1.807, 2.05) is 0 Å². The maximum atomic E-state index is 10.4. The average Bonchev–Trinajstić information content (AvgIpc) is 2.13. The number of aliphatic carboxylic acids is 1. The molecule has 1 aromatic rings. The van der Waals surface area contributed by atoms with E-state index in [9.17, 15) is 9.90 Å². The van der Waals surface area contributed by atoms with Crippen molar-refractivity contribution in [2.24, 2.45) is 5.73 Å². The van der Waals surface area contributed by atoms with Crippen LogP contribution in [0.4, 0.5) is 0 Å². The number of nitrogens with two attached hydrogens (primary N) is 1. The molecule has 0 heterocycles. The molecule has 1 aromatic carbocycles. The molecule has 0 saturated carbocycles. The highest BCUT2D eigenvalue weighted by Gasteiger charge is 2.08. The molecule has 1 rings (SSSR count). The monoisotopic (exact) mass is 211 g/mol. The molecule has 0 radical (unpaired) electrons. The van der Waals surface area contributed by atoms with Crippen molar-refractivity contribution in [3.8, 4) is 17.2 Å². The third kappa shape index (κ3) is 2.31. The molecule has 0 bridgehead atoms. The minimum Gasteiger partial charge on any atom is -0.507 e. The van der Waals surface area contributed by atoms with Crippen LogP contribution in [0.25, 0.3) is 6.08 Å². The topological polar surface area (TPSA) is 124 Å². The Morgan fingerprint density at radius 2 is 1.67 bits per heavy atom. The number of benzene rings is 1. The summed E-state index contributed by atoms with van der Waals surface area (Å²) >= 11 is 0. The molecule has 0 aliphatic carbocycles. The van der Waals surface area contributed by atoms with E-state index < -0.39 is 23.2 Å². The zero-order chi connectivity index (χ0) is 11.6. The zero-order valence-corrected chi connectivity index (χ0v) is 7.51. The molecule has 0 spiro atoms. The highest BCUT2D eigenvalue weighted by atomic mass is 16.4. The van der Waals surface area contributed by atoms with Crippen LogP contribution >= 0.6 is 0 Å². The Bertz CT molecular complexity index is 438. The zero-order valence-electron chi connectivity index (χ0n) is 7.51. The minimum atomic E-state index is -1.35. The number of carboxylic acids is 1. The molecule has 0 fully saturated rings. The van der Waals surface area contributed by atoms with Crippen LogP contribution in [0.2, 0.25) is 0 Å². The van der Waals surface area contributed by atoms with Gasteiger partial charge in [0, 0.05) is 11.6 Å². The summed E-state index contributed by atoms with van der Waals surface area (Å²) in [4.78, 5) is 10.4. The van der Waals surface area contributed by atoms with Crippen molar-refractivity contribution in [3.63, 3.8) is 0 Å². The lowest BCUT2D eigenvalue weighted by molar-refractivity contribution is -0.132. The highest BCUT2D eigenvalue weighted by Crippen LogP contribution is 2.32. The molecule has 6 N–H and O–H groups in total. The first-order valence-electron chi connectivity index (χ1n) is 3.87. The molecular weight excluding hydrogens is 202 g/mol. The number of hydrogen-bond acceptors (Lipinski definition) is 5. The van der Waals surface area contributed by atoms with Crippen LogP contribution in [-0.4, -0.2) is 26.4 Å². The molecule has 0 atom stereocenters. The molecule has 6 nitrogen and oxygen atoms in total. The fourth-order valence-electron chi connectivity index (χ4n) is 0.927. The van der Waals surface area contributed by atoms with Crippen molar-refractivity contribution in [3.05, 3.63) is 23.4 Å². The van der Waals surface area contributed by atoms with Crippen LogP contribution in [0.15, 0.2) is 17.8 Å². The molecule has 0 unspecified atom stereocenters. The molecule has 0 amide bonds. The van der Waals surface area contributed by atoms with Crippen LogP contribution in [0.3, 0.4) is 0 Å². The van der Waals surface area contributed by atoms with E-state index in [0.29, 0.717) is 0 Å². The van der Waals surface area contributed by atoms with Crippen molar-refractivity contribution >= 4 is 12.0 Å². The summed E-state index contributed by atoms with van der Waals surface area (Å²) in [6, 6.07) is 1.89. The lowest BCUT2D eigenvalue weighted by Crippen LogP contribution is -2.09. The van der Waals surface area contributed by atoms with Gasteiger partial charge < -0.3 is 26.2 Å². The van der Waals surface area contributed by atoms with E-state index in [2.05, 4.69) is 0 Å². The summed E-state index contributed by atoms with van der Waals surface area (Å²) in [5, 5.41) is 35.8. The van der Waals surface area contributed by atoms with Gasteiger partial charge in [0.1, 0.15) is 11.4 Å². The first kappa shape index (κ1) is 10.7. The van der Waals surface area contributed by atoms with E-state index in [4.69, 9.17) is 21.1 Å². The third-order valence-electron chi connectivity index (χ3n) is 1.68. The summed E-state index contributed by atoms with van der Waals surface area (Å²) in [7, 11) is 0. The van der Waals surface area contributed by atoms with Gasteiger partial charge in [-0.15, -0.1) is 0 Å².